The second-order valence-electron chi connectivity index (χ2n) is 6.20. The fourth-order valence-electron chi connectivity index (χ4n) is 2.45. The van der Waals surface area contributed by atoms with E-state index in [2.05, 4.69) is 39.5 Å². The summed E-state index contributed by atoms with van der Waals surface area (Å²) < 4.78 is 0. The summed E-state index contributed by atoms with van der Waals surface area (Å²) in [6.07, 6.45) is 3.51. The van der Waals surface area contributed by atoms with Crippen LogP contribution in [0.2, 0.25) is 0 Å². The van der Waals surface area contributed by atoms with Crippen LogP contribution < -0.4 is 0 Å². The first kappa shape index (κ1) is 18.5. The Morgan fingerprint density at radius 3 is 1.37 bits per heavy atom. The molecular weight excluding hydrogens is 336 g/mol. The summed E-state index contributed by atoms with van der Waals surface area (Å²) in [7, 11) is 0. The first-order valence-electron chi connectivity index (χ1n) is 9.04. The average Bonchev–Trinajstić information content (AvgIpc) is 2.72. The van der Waals surface area contributed by atoms with Crippen molar-refractivity contribution >= 4 is 22.7 Å². The Labute approximate surface area is 159 Å². The standard InChI is InChI=1S/C22H22N4O/c1-2-3-4-17-5-7-18(8-6-17)23-24-19-9-11-20(12-10-19)25-26-21-13-15-22(27)16-14-21/h5-16,27H,2-4H2,1H3/b24-23+,26-25?. The summed E-state index contributed by atoms with van der Waals surface area (Å²) in [4.78, 5) is 0. The highest BCUT2D eigenvalue weighted by molar-refractivity contribution is 5.48. The smallest absolute Gasteiger partial charge is 0.115 e. The Balaban J connectivity index is 1.59. The molecule has 0 saturated carbocycles. The van der Waals surface area contributed by atoms with Gasteiger partial charge in [-0.25, -0.2) is 0 Å². The number of hydrogen-bond donors (Lipinski definition) is 1. The molecule has 0 saturated heterocycles. The van der Waals surface area contributed by atoms with E-state index in [1.54, 1.807) is 24.3 Å². The van der Waals surface area contributed by atoms with Crippen molar-refractivity contribution in [3.05, 3.63) is 78.4 Å². The van der Waals surface area contributed by atoms with Gasteiger partial charge in [-0.15, -0.1) is 0 Å². The van der Waals surface area contributed by atoms with Crippen LogP contribution in [-0.2, 0) is 6.42 Å². The maximum absolute atomic E-state index is 9.26. The van der Waals surface area contributed by atoms with Crippen molar-refractivity contribution in [2.24, 2.45) is 20.5 Å². The van der Waals surface area contributed by atoms with Crippen LogP contribution in [0, 0.1) is 0 Å². The van der Waals surface area contributed by atoms with E-state index in [1.165, 1.54) is 18.4 Å². The molecule has 0 radical (unpaired) electrons. The minimum Gasteiger partial charge on any atom is -0.508 e. The summed E-state index contributed by atoms with van der Waals surface area (Å²) in [5.41, 5.74) is 4.33. The van der Waals surface area contributed by atoms with Crippen molar-refractivity contribution in [3.8, 4) is 5.75 Å². The van der Waals surface area contributed by atoms with Gasteiger partial charge in [-0.2, -0.15) is 20.5 Å². The molecule has 0 spiro atoms. The van der Waals surface area contributed by atoms with Crippen molar-refractivity contribution in [1.29, 1.82) is 0 Å². The molecule has 136 valence electrons. The number of unbranched alkanes of at least 4 members (excludes halogenated alkanes) is 1. The van der Waals surface area contributed by atoms with Gasteiger partial charge in [-0.3, -0.25) is 0 Å². The highest BCUT2D eigenvalue weighted by atomic mass is 16.3. The molecule has 0 fully saturated rings. The maximum Gasteiger partial charge on any atom is 0.115 e. The Hall–Kier alpha value is -3.34. The number of phenols is 1. The molecule has 0 aliphatic rings. The summed E-state index contributed by atoms with van der Waals surface area (Å²) in [6.45, 7) is 2.20. The lowest BCUT2D eigenvalue weighted by Crippen LogP contribution is -1.82. The number of benzene rings is 3. The number of aryl methyl sites for hydroxylation is 1. The number of azo groups is 2. The Kier molecular flexibility index (Phi) is 6.41. The van der Waals surface area contributed by atoms with E-state index in [0.717, 1.165) is 23.5 Å². The largest absolute Gasteiger partial charge is 0.508 e. The van der Waals surface area contributed by atoms with Gasteiger partial charge in [-0.1, -0.05) is 25.5 Å². The fourth-order valence-corrected chi connectivity index (χ4v) is 2.45. The van der Waals surface area contributed by atoms with Gasteiger partial charge in [0.1, 0.15) is 5.75 Å². The van der Waals surface area contributed by atoms with E-state index in [1.807, 2.05) is 36.4 Å². The topological polar surface area (TPSA) is 69.7 Å². The number of nitrogens with zero attached hydrogens (tertiary/aromatic N) is 4. The van der Waals surface area contributed by atoms with Crippen molar-refractivity contribution in [2.75, 3.05) is 0 Å². The molecular formula is C22H22N4O. The molecule has 0 aromatic heterocycles. The third-order valence-corrected chi connectivity index (χ3v) is 4.02. The van der Waals surface area contributed by atoms with Crippen LogP contribution in [0.1, 0.15) is 25.3 Å². The summed E-state index contributed by atoms with van der Waals surface area (Å²) in [6, 6.07) is 22.1. The molecule has 0 aliphatic carbocycles. The first-order valence-corrected chi connectivity index (χ1v) is 9.04. The summed E-state index contributed by atoms with van der Waals surface area (Å²) >= 11 is 0. The minimum atomic E-state index is 0.208. The van der Waals surface area contributed by atoms with Gasteiger partial charge in [-0.05, 0) is 79.1 Å². The molecule has 3 aromatic carbocycles. The Morgan fingerprint density at radius 2 is 0.963 bits per heavy atom. The van der Waals surface area contributed by atoms with Crippen molar-refractivity contribution in [3.63, 3.8) is 0 Å². The van der Waals surface area contributed by atoms with Crippen LogP contribution in [0.25, 0.3) is 0 Å². The van der Waals surface area contributed by atoms with Gasteiger partial charge in [0.05, 0.1) is 22.7 Å². The quantitative estimate of drug-likeness (QED) is 0.435. The van der Waals surface area contributed by atoms with Crippen LogP contribution in [-0.4, -0.2) is 5.11 Å². The molecule has 0 bridgehead atoms. The normalized spacial score (nSPS) is 11.4. The molecule has 5 nitrogen and oxygen atoms in total. The molecule has 0 atom stereocenters. The Bertz CT molecular complexity index is 899. The van der Waals surface area contributed by atoms with E-state index in [9.17, 15) is 5.11 Å². The highest BCUT2D eigenvalue weighted by Crippen LogP contribution is 2.24. The van der Waals surface area contributed by atoms with E-state index < -0.39 is 0 Å². The van der Waals surface area contributed by atoms with Gasteiger partial charge in [0, 0.05) is 0 Å². The number of aromatic hydroxyl groups is 1. The van der Waals surface area contributed by atoms with Crippen LogP contribution in [0.5, 0.6) is 5.75 Å². The van der Waals surface area contributed by atoms with Crippen LogP contribution in [0.15, 0.2) is 93.3 Å². The zero-order chi connectivity index (χ0) is 18.9. The predicted molar refractivity (Wildman–Crippen MR) is 108 cm³/mol. The molecule has 5 heteroatoms. The monoisotopic (exact) mass is 358 g/mol. The number of phenolic OH excluding ortho intramolecular Hbond substituents is 1. The number of rotatable bonds is 7. The molecule has 3 aromatic rings. The zero-order valence-corrected chi connectivity index (χ0v) is 15.3. The summed E-state index contributed by atoms with van der Waals surface area (Å²) in [5.74, 6) is 0.208. The van der Waals surface area contributed by atoms with Crippen LogP contribution in [0.4, 0.5) is 22.7 Å². The van der Waals surface area contributed by atoms with Crippen LogP contribution in [0.3, 0.4) is 0 Å². The van der Waals surface area contributed by atoms with E-state index in [-0.39, 0.29) is 5.75 Å². The van der Waals surface area contributed by atoms with E-state index in [4.69, 9.17) is 0 Å². The molecule has 1 N–H and O–H groups in total. The summed E-state index contributed by atoms with van der Waals surface area (Å²) in [5, 5.41) is 26.1. The van der Waals surface area contributed by atoms with Gasteiger partial charge in [0.2, 0.25) is 0 Å². The van der Waals surface area contributed by atoms with E-state index in [0.29, 0.717) is 5.69 Å². The SMILES string of the molecule is CCCCc1ccc(/N=N/c2ccc(N=Nc3ccc(O)cc3)cc2)cc1. The third-order valence-electron chi connectivity index (χ3n) is 4.02. The fraction of sp³-hybridized carbons (Fsp3) is 0.182. The predicted octanol–water partition coefficient (Wildman–Crippen LogP) is 7.57. The molecule has 0 unspecified atom stereocenters. The van der Waals surface area contributed by atoms with Gasteiger partial charge < -0.3 is 5.11 Å². The average molecular weight is 358 g/mol. The van der Waals surface area contributed by atoms with Gasteiger partial charge >= 0.3 is 0 Å². The number of hydrogen-bond acceptors (Lipinski definition) is 5. The molecule has 3 rings (SSSR count). The Morgan fingerprint density at radius 1 is 0.593 bits per heavy atom. The van der Waals surface area contributed by atoms with E-state index >= 15 is 0 Å². The molecule has 0 heterocycles. The molecule has 0 aliphatic heterocycles. The lowest BCUT2D eigenvalue weighted by Gasteiger charge is -1.99. The first-order chi connectivity index (χ1) is 13.2. The maximum atomic E-state index is 9.26. The van der Waals surface area contributed by atoms with Gasteiger partial charge in [0.25, 0.3) is 0 Å². The van der Waals surface area contributed by atoms with Crippen molar-refractivity contribution in [2.45, 2.75) is 26.2 Å². The van der Waals surface area contributed by atoms with Crippen LogP contribution >= 0.6 is 0 Å². The molecule has 27 heavy (non-hydrogen) atoms. The van der Waals surface area contributed by atoms with Crippen molar-refractivity contribution in [1.82, 2.24) is 0 Å². The highest BCUT2D eigenvalue weighted by Gasteiger charge is 1.96. The second-order valence-corrected chi connectivity index (χ2v) is 6.20. The second kappa shape index (κ2) is 9.38. The minimum absolute atomic E-state index is 0.208. The third kappa shape index (κ3) is 5.85. The van der Waals surface area contributed by atoms with Gasteiger partial charge in [0.15, 0.2) is 0 Å². The zero-order valence-electron chi connectivity index (χ0n) is 15.3. The molecule has 0 amide bonds. The lowest BCUT2D eigenvalue weighted by molar-refractivity contribution is 0.475. The van der Waals surface area contributed by atoms with Crippen molar-refractivity contribution < 1.29 is 5.11 Å². The lowest BCUT2D eigenvalue weighted by atomic mass is 10.1.